The maximum absolute atomic E-state index is 12.9. The van der Waals surface area contributed by atoms with Gasteiger partial charge in [-0.1, -0.05) is 41.9 Å². The van der Waals surface area contributed by atoms with Crippen molar-refractivity contribution in [1.82, 2.24) is 16.0 Å². The molecule has 0 atom stereocenters. The van der Waals surface area contributed by atoms with Crippen molar-refractivity contribution in [2.75, 3.05) is 19.6 Å². The molecule has 7 heteroatoms. The monoisotopic (exact) mass is 390 g/mol. The zero-order valence-corrected chi connectivity index (χ0v) is 16.0. The van der Waals surface area contributed by atoms with Gasteiger partial charge in [-0.2, -0.15) is 0 Å². The lowest BCUT2D eigenvalue weighted by atomic mass is 10.1. The van der Waals surface area contributed by atoms with Gasteiger partial charge in [0.05, 0.1) is 13.0 Å². The summed E-state index contributed by atoms with van der Waals surface area (Å²) in [6, 6.07) is 13.5. The van der Waals surface area contributed by atoms with Crippen LogP contribution in [0.15, 0.2) is 53.5 Å². The van der Waals surface area contributed by atoms with Gasteiger partial charge in [-0.15, -0.1) is 0 Å². The summed E-state index contributed by atoms with van der Waals surface area (Å²) < 4.78 is 12.9. The maximum Gasteiger partial charge on any atom is 0.224 e. The number of aliphatic imine (C=N–C) groups is 1. The summed E-state index contributed by atoms with van der Waals surface area (Å²) in [6.07, 6.45) is 0.223. The first kappa shape index (κ1) is 20.7. The van der Waals surface area contributed by atoms with Crippen molar-refractivity contribution < 1.29 is 9.18 Å². The summed E-state index contributed by atoms with van der Waals surface area (Å²) in [6.45, 7) is 4.16. The summed E-state index contributed by atoms with van der Waals surface area (Å²) in [7, 11) is 0. The van der Waals surface area contributed by atoms with E-state index in [1.54, 1.807) is 12.1 Å². The van der Waals surface area contributed by atoms with Crippen molar-refractivity contribution in [2.45, 2.75) is 19.9 Å². The SMILES string of the molecule is CCNC(=NCc1ccccc1Cl)NCCNC(=O)Cc1ccc(F)cc1. The second kappa shape index (κ2) is 11.2. The molecule has 0 spiro atoms. The van der Waals surface area contributed by atoms with E-state index in [9.17, 15) is 9.18 Å². The summed E-state index contributed by atoms with van der Waals surface area (Å²) in [4.78, 5) is 16.4. The van der Waals surface area contributed by atoms with Gasteiger partial charge < -0.3 is 16.0 Å². The molecule has 0 bridgehead atoms. The van der Waals surface area contributed by atoms with Crippen molar-refractivity contribution >= 4 is 23.5 Å². The highest BCUT2D eigenvalue weighted by atomic mass is 35.5. The van der Waals surface area contributed by atoms with Crippen LogP contribution in [0.2, 0.25) is 5.02 Å². The van der Waals surface area contributed by atoms with Gasteiger partial charge in [0.15, 0.2) is 5.96 Å². The predicted molar refractivity (Wildman–Crippen MR) is 107 cm³/mol. The quantitative estimate of drug-likeness (QED) is 0.369. The van der Waals surface area contributed by atoms with E-state index >= 15 is 0 Å². The van der Waals surface area contributed by atoms with Crippen LogP contribution in [0.4, 0.5) is 4.39 Å². The standard InChI is InChI=1S/C20H24ClFN4O/c1-2-23-20(26-14-16-5-3-4-6-18(16)21)25-12-11-24-19(27)13-15-7-9-17(22)10-8-15/h3-10H,2,11-14H2,1H3,(H,24,27)(H2,23,25,26). The van der Waals surface area contributed by atoms with E-state index in [4.69, 9.17) is 11.6 Å². The molecule has 2 rings (SSSR count). The fraction of sp³-hybridized carbons (Fsp3) is 0.300. The Morgan fingerprint density at radius 1 is 1.04 bits per heavy atom. The van der Waals surface area contributed by atoms with Crippen LogP contribution in [0.3, 0.4) is 0 Å². The van der Waals surface area contributed by atoms with Crippen LogP contribution in [0.25, 0.3) is 0 Å². The van der Waals surface area contributed by atoms with Gasteiger partial charge in [0, 0.05) is 24.7 Å². The topological polar surface area (TPSA) is 65.5 Å². The molecule has 0 saturated heterocycles. The molecule has 2 aromatic carbocycles. The summed E-state index contributed by atoms with van der Waals surface area (Å²) in [5.41, 5.74) is 1.72. The van der Waals surface area contributed by atoms with E-state index in [0.717, 1.165) is 17.7 Å². The van der Waals surface area contributed by atoms with E-state index in [-0.39, 0.29) is 18.1 Å². The number of carbonyl (C=O) groups is 1. The molecule has 0 fully saturated rings. The maximum atomic E-state index is 12.9. The number of halogens is 2. The summed E-state index contributed by atoms with van der Waals surface area (Å²) in [5.74, 6) is 0.238. The first-order valence-corrected chi connectivity index (χ1v) is 9.23. The van der Waals surface area contributed by atoms with Crippen LogP contribution in [0, 0.1) is 5.82 Å². The summed E-state index contributed by atoms with van der Waals surface area (Å²) in [5, 5.41) is 9.83. The van der Waals surface area contributed by atoms with Gasteiger partial charge in [-0.05, 0) is 36.2 Å². The van der Waals surface area contributed by atoms with Crippen LogP contribution in [0.1, 0.15) is 18.1 Å². The molecule has 5 nitrogen and oxygen atoms in total. The molecule has 27 heavy (non-hydrogen) atoms. The lowest BCUT2D eigenvalue weighted by Gasteiger charge is -2.12. The smallest absolute Gasteiger partial charge is 0.224 e. The van der Waals surface area contributed by atoms with Crippen LogP contribution >= 0.6 is 11.6 Å². The highest BCUT2D eigenvalue weighted by Crippen LogP contribution is 2.15. The number of benzene rings is 2. The molecule has 0 aliphatic carbocycles. The number of amides is 1. The molecule has 144 valence electrons. The van der Waals surface area contributed by atoms with Crippen molar-refractivity contribution in [3.63, 3.8) is 0 Å². The first-order chi connectivity index (χ1) is 13.1. The molecule has 0 heterocycles. The Hall–Kier alpha value is -2.60. The minimum atomic E-state index is -0.310. The molecular weight excluding hydrogens is 367 g/mol. The van der Waals surface area contributed by atoms with Crippen LogP contribution < -0.4 is 16.0 Å². The van der Waals surface area contributed by atoms with Crippen molar-refractivity contribution in [3.05, 3.63) is 70.5 Å². The third kappa shape index (κ3) is 7.66. The van der Waals surface area contributed by atoms with Gasteiger partial charge in [0.25, 0.3) is 0 Å². The first-order valence-electron chi connectivity index (χ1n) is 8.85. The molecule has 1 amide bonds. The Balaban J connectivity index is 1.75. The minimum absolute atomic E-state index is 0.110. The minimum Gasteiger partial charge on any atom is -0.357 e. The Kier molecular flexibility index (Phi) is 8.58. The van der Waals surface area contributed by atoms with Crippen molar-refractivity contribution in [1.29, 1.82) is 0 Å². The van der Waals surface area contributed by atoms with Gasteiger partial charge in [-0.3, -0.25) is 4.79 Å². The van der Waals surface area contributed by atoms with Gasteiger partial charge in [-0.25, -0.2) is 9.38 Å². The highest BCUT2D eigenvalue weighted by molar-refractivity contribution is 6.31. The Morgan fingerprint density at radius 2 is 1.74 bits per heavy atom. The molecule has 0 aromatic heterocycles. The highest BCUT2D eigenvalue weighted by Gasteiger charge is 2.04. The third-order valence-corrected chi connectivity index (χ3v) is 4.10. The number of carbonyl (C=O) groups excluding carboxylic acids is 1. The zero-order chi connectivity index (χ0) is 19.5. The third-order valence-electron chi connectivity index (χ3n) is 3.73. The van der Waals surface area contributed by atoms with Crippen molar-refractivity contribution in [2.24, 2.45) is 4.99 Å². The molecule has 2 aromatic rings. The van der Waals surface area contributed by atoms with Crippen LogP contribution in [-0.4, -0.2) is 31.5 Å². The fourth-order valence-electron chi connectivity index (χ4n) is 2.37. The molecular formula is C20H24ClFN4O. The number of nitrogens with zero attached hydrogens (tertiary/aromatic N) is 1. The second-order valence-corrected chi connectivity index (χ2v) is 6.27. The lowest BCUT2D eigenvalue weighted by Crippen LogP contribution is -2.41. The van der Waals surface area contributed by atoms with Crippen LogP contribution in [-0.2, 0) is 17.8 Å². The molecule has 0 aliphatic heterocycles. The second-order valence-electron chi connectivity index (χ2n) is 5.87. The average molecular weight is 391 g/mol. The molecule has 0 aliphatic rings. The molecule has 0 saturated carbocycles. The number of hydrogen-bond acceptors (Lipinski definition) is 2. The van der Waals surface area contributed by atoms with Crippen molar-refractivity contribution in [3.8, 4) is 0 Å². The lowest BCUT2D eigenvalue weighted by molar-refractivity contribution is -0.120. The molecule has 3 N–H and O–H groups in total. The zero-order valence-electron chi connectivity index (χ0n) is 15.3. The number of guanidine groups is 1. The number of hydrogen-bond donors (Lipinski definition) is 3. The Bertz CT molecular complexity index is 765. The Labute approximate surface area is 164 Å². The van der Waals surface area contributed by atoms with E-state index < -0.39 is 0 Å². The normalized spacial score (nSPS) is 11.1. The van der Waals surface area contributed by atoms with E-state index in [2.05, 4.69) is 20.9 Å². The van der Waals surface area contributed by atoms with Gasteiger partial charge >= 0.3 is 0 Å². The van der Waals surface area contributed by atoms with E-state index in [1.165, 1.54) is 12.1 Å². The predicted octanol–water partition coefficient (Wildman–Crippen LogP) is 2.89. The summed E-state index contributed by atoms with van der Waals surface area (Å²) >= 11 is 6.14. The van der Waals surface area contributed by atoms with Gasteiger partial charge in [0.2, 0.25) is 5.91 Å². The number of rotatable bonds is 8. The van der Waals surface area contributed by atoms with Crippen LogP contribution in [0.5, 0.6) is 0 Å². The number of nitrogens with one attached hydrogen (secondary N) is 3. The van der Waals surface area contributed by atoms with E-state index in [0.29, 0.717) is 30.6 Å². The Morgan fingerprint density at radius 3 is 2.44 bits per heavy atom. The van der Waals surface area contributed by atoms with Gasteiger partial charge in [0.1, 0.15) is 5.82 Å². The molecule has 0 unspecified atom stereocenters. The largest absolute Gasteiger partial charge is 0.357 e. The average Bonchev–Trinajstić information content (AvgIpc) is 2.66. The van der Waals surface area contributed by atoms with E-state index in [1.807, 2.05) is 31.2 Å². The molecule has 0 radical (unpaired) electrons. The fourth-order valence-corrected chi connectivity index (χ4v) is 2.56.